The average Bonchev–Trinajstić information content (AvgIpc) is 2.42. The number of allylic oxidation sites excluding steroid dienone is 1. The standard InChI is InChI=1S/C12H23O3P/c1-7-8(2)11-12(15-16(5,6)13)9(3)10(4)14-11/h7,9-12H,1-6H3/b8-7-/t9-,10-,11+,12-/m0/s1/i7T. The topological polar surface area (TPSA) is 35.5 Å². The highest BCUT2D eigenvalue weighted by Gasteiger charge is 2.42. The highest BCUT2D eigenvalue weighted by Crippen LogP contribution is 2.45. The third-order valence-corrected chi connectivity index (χ3v) is 3.87. The molecule has 1 aliphatic heterocycles. The molecule has 0 aromatic rings. The quantitative estimate of drug-likeness (QED) is 0.568. The van der Waals surface area contributed by atoms with Crippen LogP contribution < -0.4 is 0 Å². The zero-order chi connectivity index (χ0) is 13.4. The number of hydrogen-bond donors (Lipinski definition) is 0. The molecule has 0 aliphatic carbocycles. The summed E-state index contributed by atoms with van der Waals surface area (Å²) in [5, 5.41) is 0. The second-order valence-electron chi connectivity index (χ2n) is 4.88. The largest absolute Gasteiger partial charge is 0.368 e. The molecule has 0 unspecified atom stereocenters. The molecule has 1 heterocycles. The van der Waals surface area contributed by atoms with Crippen molar-refractivity contribution < 1.29 is 15.2 Å². The summed E-state index contributed by atoms with van der Waals surface area (Å²) in [5.41, 5.74) is 0.861. The van der Waals surface area contributed by atoms with Crippen molar-refractivity contribution >= 4 is 7.37 Å². The van der Waals surface area contributed by atoms with E-state index < -0.39 is 7.37 Å². The Morgan fingerprint density at radius 3 is 2.50 bits per heavy atom. The van der Waals surface area contributed by atoms with Gasteiger partial charge in [0.05, 0.1) is 13.6 Å². The first-order chi connectivity index (χ1) is 7.63. The van der Waals surface area contributed by atoms with Gasteiger partial charge in [0.1, 0.15) is 6.10 Å². The Morgan fingerprint density at radius 2 is 2.06 bits per heavy atom. The van der Waals surface area contributed by atoms with E-state index in [1.807, 2.05) is 20.8 Å². The van der Waals surface area contributed by atoms with Gasteiger partial charge in [-0.3, -0.25) is 4.57 Å². The molecule has 0 N–H and O–H groups in total. The molecule has 3 nitrogen and oxygen atoms in total. The fourth-order valence-electron chi connectivity index (χ4n) is 1.91. The Hall–Kier alpha value is -0.110. The van der Waals surface area contributed by atoms with Crippen LogP contribution in [-0.4, -0.2) is 31.6 Å². The molecule has 0 aromatic heterocycles. The molecule has 1 rings (SSSR count). The molecule has 94 valence electrons. The Morgan fingerprint density at radius 1 is 1.50 bits per heavy atom. The average molecular weight is 248 g/mol. The van der Waals surface area contributed by atoms with Crippen LogP contribution in [0.25, 0.3) is 0 Å². The molecule has 0 radical (unpaired) electrons. The van der Waals surface area contributed by atoms with E-state index in [1.165, 1.54) is 0 Å². The van der Waals surface area contributed by atoms with Gasteiger partial charge < -0.3 is 9.26 Å². The van der Waals surface area contributed by atoms with Crippen molar-refractivity contribution in [1.82, 2.24) is 0 Å². The van der Waals surface area contributed by atoms with E-state index in [-0.39, 0.29) is 24.2 Å². The maximum absolute atomic E-state index is 11.8. The summed E-state index contributed by atoms with van der Waals surface area (Å²) in [6.45, 7) is 10.9. The monoisotopic (exact) mass is 248 g/mol. The third-order valence-electron chi connectivity index (χ3n) is 3.11. The molecule has 0 bridgehead atoms. The molecule has 16 heavy (non-hydrogen) atoms. The minimum atomic E-state index is -2.55. The molecule has 0 amide bonds. The normalized spacial score (nSPS) is 38.2. The molecular weight excluding hydrogens is 223 g/mol. The van der Waals surface area contributed by atoms with E-state index in [4.69, 9.17) is 10.6 Å². The van der Waals surface area contributed by atoms with Crippen molar-refractivity contribution in [2.45, 2.75) is 46.0 Å². The van der Waals surface area contributed by atoms with E-state index in [1.54, 1.807) is 20.3 Å². The summed E-state index contributed by atoms with van der Waals surface area (Å²) >= 11 is 0. The zero-order valence-electron chi connectivity index (χ0n) is 12.0. The minimum Gasteiger partial charge on any atom is -0.368 e. The lowest BCUT2D eigenvalue weighted by Crippen LogP contribution is -2.28. The summed E-state index contributed by atoms with van der Waals surface area (Å²) in [6, 6.07) is 0.493. The fourth-order valence-corrected chi connectivity index (χ4v) is 2.80. The van der Waals surface area contributed by atoms with Crippen LogP contribution in [0.4, 0.5) is 0 Å². The van der Waals surface area contributed by atoms with E-state index >= 15 is 0 Å². The van der Waals surface area contributed by atoms with Crippen LogP contribution in [0.1, 0.15) is 29.1 Å². The van der Waals surface area contributed by atoms with Gasteiger partial charge in [-0.1, -0.05) is 13.0 Å². The lowest BCUT2D eigenvalue weighted by atomic mass is 9.96. The maximum atomic E-state index is 11.8. The fraction of sp³-hybridized carbons (Fsp3) is 0.833. The molecule has 0 spiro atoms. The summed E-state index contributed by atoms with van der Waals surface area (Å²) in [5.74, 6) is 0.183. The second-order valence-corrected chi connectivity index (χ2v) is 7.59. The van der Waals surface area contributed by atoms with Gasteiger partial charge in [0.25, 0.3) is 0 Å². The highest BCUT2D eigenvalue weighted by atomic mass is 31.2. The summed E-state index contributed by atoms with van der Waals surface area (Å²) in [7, 11) is -2.55. The number of rotatable bonds is 3. The van der Waals surface area contributed by atoms with Gasteiger partial charge in [0.2, 0.25) is 0 Å². The second kappa shape index (κ2) is 5.03. The number of hydrogen-bond acceptors (Lipinski definition) is 3. The van der Waals surface area contributed by atoms with Crippen molar-refractivity contribution in [1.29, 1.82) is 0 Å². The zero-order valence-corrected chi connectivity index (χ0v) is 11.9. The van der Waals surface area contributed by atoms with Crippen LogP contribution >= 0.6 is 7.37 Å². The Bertz CT molecular complexity index is 357. The highest BCUT2D eigenvalue weighted by molar-refractivity contribution is 7.57. The van der Waals surface area contributed by atoms with E-state index in [9.17, 15) is 4.57 Å². The first-order valence-electron chi connectivity index (χ1n) is 6.16. The lowest BCUT2D eigenvalue weighted by molar-refractivity contribution is 0.0472. The van der Waals surface area contributed by atoms with Crippen LogP contribution in [0.15, 0.2) is 11.6 Å². The molecule has 4 atom stereocenters. The SMILES string of the molecule is [3H]/C(C)=C(\C)[C@H]1O[C@@H](C)[C@H](C)[C@@H]1OP(C)(C)=O. The third kappa shape index (κ3) is 3.19. The van der Waals surface area contributed by atoms with E-state index in [0.29, 0.717) is 6.05 Å². The van der Waals surface area contributed by atoms with Gasteiger partial charge in [0, 0.05) is 19.2 Å². The van der Waals surface area contributed by atoms with Gasteiger partial charge >= 0.3 is 0 Å². The Kier molecular flexibility index (Phi) is 3.89. The molecular formula is C12H23O3P. The van der Waals surface area contributed by atoms with Crippen molar-refractivity contribution in [2.24, 2.45) is 5.92 Å². The maximum Gasteiger partial charge on any atom is 0.197 e. The van der Waals surface area contributed by atoms with Gasteiger partial charge in [-0.15, -0.1) is 0 Å². The molecule has 1 saturated heterocycles. The van der Waals surface area contributed by atoms with Crippen LogP contribution in [0.3, 0.4) is 0 Å². The van der Waals surface area contributed by atoms with Crippen LogP contribution in [0, 0.1) is 5.92 Å². The summed E-state index contributed by atoms with van der Waals surface area (Å²) < 4.78 is 31.0. The molecule has 0 aromatic carbocycles. The number of ether oxygens (including phenoxy) is 1. The van der Waals surface area contributed by atoms with Crippen molar-refractivity contribution in [3.05, 3.63) is 11.6 Å². The first kappa shape index (κ1) is 12.3. The van der Waals surface area contributed by atoms with Crippen molar-refractivity contribution in [2.75, 3.05) is 13.3 Å². The van der Waals surface area contributed by atoms with Crippen molar-refractivity contribution in [3.63, 3.8) is 0 Å². The van der Waals surface area contributed by atoms with Crippen LogP contribution in [0.2, 0.25) is 0 Å². The predicted octanol–water partition coefficient (Wildman–Crippen LogP) is 3.30. The van der Waals surface area contributed by atoms with Crippen LogP contribution in [-0.2, 0) is 13.8 Å². The minimum absolute atomic E-state index is 0.0610. The lowest BCUT2D eigenvalue weighted by Gasteiger charge is -2.24. The Labute approximate surface area is 100 Å². The van der Waals surface area contributed by atoms with Crippen molar-refractivity contribution in [3.8, 4) is 0 Å². The van der Waals surface area contributed by atoms with E-state index in [0.717, 1.165) is 5.57 Å². The predicted molar refractivity (Wildman–Crippen MR) is 67.3 cm³/mol. The summed E-state index contributed by atoms with van der Waals surface area (Å²) in [4.78, 5) is 0. The Balaban J connectivity index is 2.97. The first-order valence-corrected chi connectivity index (χ1v) is 8.18. The van der Waals surface area contributed by atoms with Gasteiger partial charge in [0.15, 0.2) is 7.37 Å². The van der Waals surface area contributed by atoms with Gasteiger partial charge in [-0.25, -0.2) is 0 Å². The van der Waals surface area contributed by atoms with Gasteiger partial charge in [-0.2, -0.15) is 0 Å². The van der Waals surface area contributed by atoms with Gasteiger partial charge in [-0.05, 0) is 26.3 Å². The van der Waals surface area contributed by atoms with Crippen LogP contribution in [0.5, 0.6) is 0 Å². The molecule has 1 fully saturated rings. The molecule has 0 saturated carbocycles. The molecule has 1 aliphatic rings. The van der Waals surface area contributed by atoms with E-state index in [2.05, 4.69) is 0 Å². The summed E-state index contributed by atoms with van der Waals surface area (Å²) in [6.07, 6.45) is -0.400. The molecule has 4 heteroatoms. The smallest absolute Gasteiger partial charge is 0.197 e.